The summed E-state index contributed by atoms with van der Waals surface area (Å²) in [4.78, 5) is 42.4. The number of ketones is 1. The van der Waals surface area contributed by atoms with Crippen LogP contribution in [0.25, 0.3) is 15.9 Å². The van der Waals surface area contributed by atoms with Crippen molar-refractivity contribution in [3.8, 4) is 17.2 Å². The molecule has 1 atom stereocenters. The molecule has 0 fully saturated rings. The van der Waals surface area contributed by atoms with Crippen molar-refractivity contribution in [2.75, 3.05) is 14.2 Å². The smallest absolute Gasteiger partial charge is 0.334 e. The number of Topliss-reactive ketones (excluding diaryl/α,β-unsaturated/α-hetero) is 1. The van der Waals surface area contributed by atoms with E-state index in [9.17, 15) is 14.4 Å². The Morgan fingerprint density at radius 2 is 1.86 bits per heavy atom. The molecule has 4 rings (SSSR count). The topological polar surface area (TPSA) is 90.4 Å². The maximum Gasteiger partial charge on any atom is 0.334 e. The van der Waals surface area contributed by atoms with Crippen LogP contribution in [0.4, 0.5) is 0 Å². The second kappa shape index (κ2) is 6.94. The minimum atomic E-state index is -0.536. The highest BCUT2D eigenvalue weighted by Crippen LogP contribution is 2.40. The molecule has 1 unspecified atom stereocenters. The normalized spacial score (nSPS) is 16.0. The predicted octanol–water partition coefficient (Wildman–Crippen LogP) is 2.77. The van der Waals surface area contributed by atoms with Gasteiger partial charge in [-0.3, -0.25) is 14.6 Å². The fraction of sp³-hybridized carbons (Fsp3) is 0.350. The molecule has 8 heteroatoms. The largest absolute Gasteiger partial charge is 0.497 e. The first-order valence-electron chi connectivity index (χ1n) is 8.99. The lowest BCUT2D eigenvalue weighted by molar-refractivity contribution is -0.118. The van der Waals surface area contributed by atoms with Gasteiger partial charge in [0.1, 0.15) is 22.1 Å². The van der Waals surface area contributed by atoms with E-state index in [1.807, 2.05) is 0 Å². The summed E-state index contributed by atoms with van der Waals surface area (Å²) in [5, 5.41) is 0.493. The SMILES string of the molecule is COc1cc(OC)cc(-n2c(=O)[nH]c3sc4c(c3c2=O)CCCC4C(C)=O)c1. The number of methoxy groups -OCH3 is 2. The molecule has 7 nitrogen and oxygen atoms in total. The van der Waals surface area contributed by atoms with Crippen LogP contribution in [-0.4, -0.2) is 29.6 Å². The number of rotatable bonds is 4. The maximum atomic E-state index is 13.3. The van der Waals surface area contributed by atoms with Gasteiger partial charge in [-0.25, -0.2) is 9.36 Å². The molecular formula is C20H20N2O5S. The van der Waals surface area contributed by atoms with Gasteiger partial charge in [0.05, 0.1) is 31.2 Å². The van der Waals surface area contributed by atoms with Crippen LogP contribution in [0.3, 0.4) is 0 Å². The van der Waals surface area contributed by atoms with E-state index in [2.05, 4.69) is 4.98 Å². The van der Waals surface area contributed by atoms with Crippen LogP contribution in [0.15, 0.2) is 27.8 Å². The second-order valence-corrected chi connectivity index (χ2v) is 7.90. The number of thiophene rings is 1. The lowest BCUT2D eigenvalue weighted by Crippen LogP contribution is -2.33. The molecule has 0 aliphatic heterocycles. The third-order valence-corrected chi connectivity index (χ3v) is 6.46. The molecule has 0 saturated carbocycles. The Morgan fingerprint density at radius 3 is 2.46 bits per heavy atom. The van der Waals surface area contributed by atoms with Crippen LogP contribution in [0, 0.1) is 0 Å². The average Bonchev–Trinajstić information content (AvgIpc) is 3.05. The van der Waals surface area contributed by atoms with Crippen LogP contribution >= 0.6 is 11.3 Å². The Labute approximate surface area is 164 Å². The van der Waals surface area contributed by atoms with Gasteiger partial charge >= 0.3 is 5.69 Å². The van der Waals surface area contributed by atoms with Crippen molar-refractivity contribution in [2.24, 2.45) is 0 Å². The zero-order chi connectivity index (χ0) is 20.0. The summed E-state index contributed by atoms with van der Waals surface area (Å²) in [6, 6.07) is 4.90. The second-order valence-electron chi connectivity index (χ2n) is 6.85. The molecule has 2 aromatic heterocycles. The molecule has 1 aliphatic carbocycles. The number of carbonyl (C=O) groups excluding carboxylic acids is 1. The summed E-state index contributed by atoms with van der Waals surface area (Å²) in [7, 11) is 3.01. The minimum absolute atomic E-state index is 0.0905. The highest BCUT2D eigenvalue weighted by Gasteiger charge is 2.30. The maximum absolute atomic E-state index is 13.3. The third-order valence-electron chi connectivity index (χ3n) is 5.20. The molecule has 146 valence electrons. The van der Waals surface area contributed by atoms with Gasteiger partial charge in [-0.15, -0.1) is 11.3 Å². The number of hydrogen-bond donors (Lipinski definition) is 1. The van der Waals surface area contributed by atoms with Crippen LogP contribution in [0.5, 0.6) is 11.5 Å². The van der Waals surface area contributed by atoms with Crippen molar-refractivity contribution in [1.29, 1.82) is 0 Å². The summed E-state index contributed by atoms with van der Waals surface area (Å²) in [5.41, 5.74) is 0.320. The molecule has 0 bridgehead atoms. The lowest BCUT2D eigenvalue weighted by atomic mass is 9.86. The molecule has 2 heterocycles. The molecule has 0 radical (unpaired) electrons. The zero-order valence-electron chi connectivity index (χ0n) is 15.8. The van der Waals surface area contributed by atoms with Crippen molar-refractivity contribution in [1.82, 2.24) is 9.55 Å². The molecule has 28 heavy (non-hydrogen) atoms. The highest BCUT2D eigenvalue weighted by atomic mass is 32.1. The van der Waals surface area contributed by atoms with E-state index in [1.54, 1.807) is 25.1 Å². The molecule has 3 aromatic rings. The zero-order valence-corrected chi connectivity index (χ0v) is 16.6. The number of carbonyl (C=O) groups is 1. The van der Waals surface area contributed by atoms with Gasteiger partial charge in [0.15, 0.2) is 0 Å². The number of aromatic amines is 1. The van der Waals surface area contributed by atoms with Crippen molar-refractivity contribution in [3.05, 3.63) is 49.5 Å². The van der Waals surface area contributed by atoms with E-state index in [1.165, 1.54) is 25.6 Å². The first-order valence-corrected chi connectivity index (χ1v) is 9.80. The van der Waals surface area contributed by atoms with Crippen molar-refractivity contribution in [3.63, 3.8) is 0 Å². The van der Waals surface area contributed by atoms with E-state index in [0.29, 0.717) is 27.4 Å². The summed E-state index contributed by atoms with van der Waals surface area (Å²) in [6.07, 6.45) is 2.34. The predicted molar refractivity (Wildman–Crippen MR) is 108 cm³/mol. The Balaban J connectivity index is 2.01. The Kier molecular flexibility index (Phi) is 4.58. The Morgan fingerprint density at radius 1 is 1.18 bits per heavy atom. The van der Waals surface area contributed by atoms with Crippen molar-refractivity contribution >= 4 is 27.3 Å². The van der Waals surface area contributed by atoms with E-state index >= 15 is 0 Å². The summed E-state index contributed by atoms with van der Waals surface area (Å²) in [6.45, 7) is 1.58. The molecule has 1 N–H and O–H groups in total. The number of nitrogens with one attached hydrogen (secondary N) is 1. The number of benzene rings is 1. The molecule has 0 saturated heterocycles. The van der Waals surface area contributed by atoms with Crippen LogP contribution < -0.4 is 20.7 Å². The minimum Gasteiger partial charge on any atom is -0.497 e. The first kappa shape index (κ1) is 18.5. The van der Waals surface area contributed by atoms with E-state index in [4.69, 9.17) is 9.47 Å². The molecule has 0 spiro atoms. The van der Waals surface area contributed by atoms with Crippen molar-refractivity contribution < 1.29 is 14.3 Å². The number of nitrogens with zero attached hydrogens (tertiary/aromatic N) is 1. The van der Waals surface area contributed by atoms with Gasteiger partial charge in [-0.1, -0.05) is 0 Å². The number of ether oxygens (including phenoxy) is 2. The molecule has 1 aliphatic rings. The quantitative estimate of drug-likeness (QED) is 0.727. The standard InChI is InChI=1S/C20H20N2O5S/c1-10(23)14-5-4-6-15-16-18(28-17(14)15)21-20(25)22(19(16)24)11-7-12(26-2)9-13(8-11)27-3/h7-9,14H,4-6H2,1-3H3,(H,21,25). The van der Waals surface area contributed by atoms with E-state index in [0.717, 1.165) is 34.3 Å². The third kappa shape index (κ3) is 2.84. The number of aryl methyl sites for hydroxylation is 1. The van der Waals surface area contributed by atoms with Gasteiger partial charge in [-0.05, 0) is 31.7 Å². The Hall–Kier alpha value is -2.87. The Bertz CT molecular complexity index is 1180. The molecule has 1 aromatic carbocycles. The van der Waals surface area contributed by atoms with Crippen LogP contribution in [0.1, 0.15) is 36.1 Å². The van der Waals surface area contributed by atoms with Gasteiger partial charge < -0.3 is 9.47 Å². The fourth-order valence-electron chi connectivity index (χ4n) is 3.84. The fourth-order valence-corrected chi connectivity index (χ4v) is 5.27. The first-order chi connectivity index (χ1) is 13.4. The van der Waals surface area contributed by atoms with Gasteiger partial charge in [0.2, 0.25) is 0 Å². The summed E-state index contributed by atoms with van der Waals surface area (Å²) in [5.74, 6) is 0.844. The lowest BCUT2D eigenvalue weighted by Gasteiger charge is -2.19. The summed E-state index contributed by atoms with van der Waals surface area (Å²) >= 11 is 1.34. The number of aromatic nitrogens is 2. The van der Waals surface area contributed by atoms with Crippen LogP contribution in [0.2, 0.25) is 0 Å². The highest BCUT2D eigenvalue weighted by molar-refractivity contribution is 7.19. The van der Waals surface area contributed by atoms with E-state index in [-0.39, 0.29) is 11.7 Å². The monoisotopic (exact) mass is 400 g/mol. The summed E-state index contributed by atoms with van der Waals surface area (Å²) < 4.78 is 11.6. The van der Waals surface area contributed by atoms with Crippen LogP contribution in [-0.2, 0) is 11.2 Å². The van der Waals surface area contributed by atoms with Gasteiger partial charge in [0, 0.05) is 23.1 Å². The van der Waals surface area contributed by atoms with Gasteiger partial charge in [-0.2, -0.15) is 0 Å². The molecular weight excluding hydrogens is 380 g/mol. The molecule has 0 amide bonds. The van der Waals surface area contributed by atoms with Gasteiger partial charge in [0.25, 0.3) is 5.56 Å². The van der Waals surface area contributed by atoms with E-state index < -0.39 is 11.2 Å². The van der Waals surface area contributed by atoms with Crippen molar-refractivity contribution in [2.45, 2.75) is 32.1 Å². The number of H-pyrrole nitrogens is 1. The average molecular weight is 400 g/mol. The number of fused-ring (bicyclic) bond motifs is 3. The number of hydrogen-bond acceptors (Lipinski definition) is 6.